The number of rotatable bonds is 5. The van der Waals surface area contributed by atoms with Crippen LogP contribution in [0.4, 0.5) is 11.4 Å². The first kappa shape index (κ1) is 15.6. The molecule has 114 valence electrons. The number of nitrogens with one attached hydrogen (secondary N) is 2. The molecular weight excluding hydrogens is 278 g/mol. The number of primary amides is 1. The third-order valence-corrected chi connectivity index (χ3v) is 3.23. The van der Waals surface area contributed by atoms with Gasteiger partial charge in [-0.05, 0) is 55.8 Å². The van der Waals surface area contributed by atoms with Crippen LogP contribution in [0.3, 0.4) is 0 Å². The smallest absolute Gasteiger partial charge is 0.248 e. The summed E-state index contributed by atoms with van der Waals surface area (Å²) in [5.41, 5.74) is 8.22. The Bertz CT molecular complexity index is 681. The lowest BCUT2D eigenvalue weighted by Crippen LogP contribution is -2.31. The molecule has 0 aliphatic carbocycles. The van der Waals surface area contributed by atoms with Gasteiger partial charge < -0.3 is 16.4 Å². The Morgan fingerprint density at radius 3 is 2.32 bits per heavy atom. The molecule has 2 amide bonds. The molecule has 0 aliphatic heterocycles. The van der Waals surface area contributed by atoms with Crippen LogP contribution < -0.4 is 16.4 Å². The highest BCUT2D eigenvalue weighted by molar-refractivity contribution is 5.97. The van der Waals surface area contributed by atoms with Crippen molar-refractivity contribution >= 4 is 23.2 Å². The van der Waals surface area contributed by atoms with Crippen LogP contribution in [0.15, 0.2) is 48.5 Å². The van der Waals surface area contributed by atoms with Crippen molar-refractivity contribution in [3.05, 3.63) is 59.7 Å². The molecule has 0 bridgehead atoms. The summed E-state index contributed by atoms with van der Waals surface area (Å²) < 4.78 is 0. The summed E-state index contributed by atoms with van der Waals surface area (Å²) in [5, 5.41) is 5.94. The summed E-state index contributed by atoms with van der Waals surface area (Å²) in [6, 6.07) is 13.9. The Kier molecular flexibility index (Phi) is 4.78. The van der Waals surface area contributed by atoms with Gasteiger partial charge in [0.1, 0.15) is 6.04 Å². The van der Waals surface area contributed by atoms with Gasteiger partial charge in [-0.25, -0.2) is 0 Å². The summed E-state index contributed by atoms with van der Waals surface area (Å²) >= 11 is 0. The molecule has 0 fully saturated rings. The van der Waals surface area contributed by atoms with E-state index in [9.17, 15) is 9.59 Å². The highest BCUT2D eigenvalue weighted by Crippen LogP contribution is 2.13. The van der Waals surface area contributed by atoms with Gasteiger partial charge in [-0.2, -0.15) is 0 Å². The summed E-state index contributed by atoms with van der Waals surface area (Å²) in [7, 11) is 0. The van der Waals surface area contributed by atoms with Crippen LogP contribution in [-0.2, 0) is 4.79 Å². The molecular formula is C17H19N3O2. The molecule has 0 aromatic heterocycles. The first-order chi connectivity index (χ1) is 10.5. The normalized spacial score (nSPS) is 11.5. The molecule has 0 aliphatic rings. The van der Waals surface area contributed by atoms with Crippen LogP contribution >= 0.6 is 0 Å². The predicted molar refractivity (Wildman–Crippen MR) is 87.9 cm³/mol. The number of benzene rings is 2. The Morgan fingerprint density at radius 1 is 1.05 bits per heavy atom. The molecule has 2 aromatic rings. The summed E-state index contributed by atoms with van der Waals surface area (Å²) in [4.78, 5) is 23.2. The Labute approximate surface area is 129 Å². The molecule has 0 saturated carbocycles. The molecule has 1 atom stereocenters. The molecule has 0 heterocycles. The number of carbonyl (C=O) groups excluding carboxylic acids is 2. The third-order valence-electron chi connectivity index (χ3n) is 3.23. The lowest BCUT2D eigenvalue weighted by molar-refractivity contribution is -0.116. The van der Waals surface area contributed by atoms with E-state index in [1.165, 1.54) is 0 Å². The molecule has 5 nitrogen and oxygen atoms in total. The molecule has 4 N–H and O–H groups in total. The van der Waals surface area contributed by atoms with Crippen molar-refractivity contribution in [2.24, 2.45) is 5.73 Å². The molecule has 0 radical (unpaired) electrons. The molecule has 22 heavy (non-hydrogen) atoms. The zero-order valence-electron chi connectivity index (χ0n) is 12.6. The first-order valence-corrected chi connectivity index (χ1v) is 6.99. The molecule has 5 heteroatoms. The van der Waals surface area contributed by atoms with Gasteiger partial charge in [-0.3, -0.25) is 9.59 Å². The van der Waals surface area contributed by atoms with Gasteiger partial charge >= 0.3 is 0 Å². The second-order valence-electron chi connectivity index (χ2n) is 5.17. The van der Waals surface area contributed by atoms with E-state index in [-0.39, 0.29) is 5.91 Å². The van der Waals surface area contributed by atoms with E-state index in [1.54, 1.807) is 31.2 Å². The number of amides is 2. The van der Waals surface area contributed by atoms with E-state index >= 15 is 0 Å². The molecule has 0 saturated heterocycles. The van der Waals surface area contributed by atoms with Crippen LogP contribution in [0.1, 0.15) is 22.8 Å². The van der Waals surface area contributed by atoms with E-state index in [0.29, 0.717) is 11.3 Å². The van der Waals surface area contributed by atoms with E-state index in [2.05, 4.69) is 10.6 Å². The Morgan fingerprint density at radius 2 is 1.73 bits per heavy atom. The van der Waals surface area contributed by atoms with E-state index in [4.69, 9.17) is 5.73 Å². The van der Waals surface area contributed by atoms with Crippen LogP contribution in [-0.4, -0.2) is 17.9 Å². The molecule has 2 rings (SSSR count). The molecule has 2 aromatic carbocycles. The topological polar surface area (TPSA) is 84.2 Å². The van der Waals surface area contributed by atoms with E-state index in [0.717, 1.165) is 11.3 Å². The minimum absolute atomic E-state index is 0.159. The van der Waals surface area contributed by atoms with E-state index in [1.807, 2.05) is 31.2 Å². The maximum Gasteiger partial charge on any atom is 0.248 e. The second kappa shape index (κ2) is 6.76. The number of anilines is 2. The summed E-state index contributed by atoms with van der Waals surface area (Å²) in [6.45, 7) is 3.78. The number of carbonyl (C=O) groups is 2. The fourth-order valence-electron chi connectivity index (χ4n) is 2.02. The molecule has 0 unspecified atom stereocenters. The maximum absolute atomic E-state index is 12.2. The van der Waals surface area contributed by atoms with Gasteiger partial charge in [0.25, 0.3) is 0 Å². The third kappa shape index (κ3) is 4.09. The zero-order valence-corrected chi connectivity index (χ0v) is 12.6. The fraction of sp³-hybridized carbons (Fsp3) is 0.176. The Balaban J connectivity index is 1.97. The minimum Gasteiger partial charge on any atom is -0.374 e. The van der Waals surface area contributed by atoms with Crippen molar-refractivity contribution in [2.75, 3.05) is 10.6 Å². The lowest BCUT2D eigenvalue weighted by atomic mass is 10.2. The summed E-state index contributed by atoms with van der Waals surface area (Å²) in [6.07, 6.45) is 0. The quantitative estimate of drug-likeness (QED) is 0.793. The Hall–Kier alpha value is -2.82. The largest absolute Gasteiger partial charge is 0.374 e. The monoisotopic (exact) mass is 297 g/mol. The van der Waals surface area contributed by atoms with Crippen LogP contribution in [0.25, 0.3) is 0 Å². The summed E-state index contributed by atoms with van der Waals surface area (Å²) in [5.74, 6) is -0.652. The number of aryl methyl sites for hydroxylation is 1. The average Bonchev–Trinajstić information content (AvgIpc) is 2.47. The van der Waals surface area contributed by atoms with Gasteiger partial charge in [-0.15, -0.1) is 0 Å². The van der Waals surface area contributed by atoms with Crippen molar-refractivity contribution in [1.82, 2.24) is 0 Å². The van der Waals surface area contributed by atoms with E-state index < -0.39 is 11.9 Å². The zero-order chi connectivity index (χ0) is 16.1. The predicted octanol–water partition coefficient (Wildman–Crippen LogP) is 2.53. The van der Waals surface area contributed by atoms with Gasteiger partial charge in [0.2, 0.25) is 11.8 Å². The van der Waals surface area contributed by atoms with Gasteiger partial charge in [0.15, 0.2) is 0 Å². The fourth-order valence-corrected chi connectivity index (χ4v) is 2.02. The molecule has 0 spiro atoms. The second-order valence-corrected chi connectivity index (χ2v) is 5.17. The number of hydrogen-bond acceptors (Lipinski definition) is 3. The van der Waals surface area contributed by atoms with Crippen LogP contribution in [0.5, 0.6) is 0 Å². The highest BCUT2D eigenvalue weighted by atomic mass is 16.2. The van der Waals surface area contributed by atoms with Crippen molar-refractivity contribution in [3.63, 3.8) is 0 Å². The number of nitrogens with two attached hydrogens (primary N) is 1. The average molecular weight is 297 g/mol. The SMILES string of the molecule is Cc1cccc(N[C@H](C)C(=O)Nc2ccc(C(N)=O)cc2)c1. The van der Waals surface area contributed by atoms with Crippen molar-refractivity contribution < 1.29 is 9.59 Å². The van der Waals surface area contributed by atoms with Crippen molar-refractivity contribution in [2.45, 2.75) is 19.9 Å². The highest BCUT2D eigenvalue weighted by Gasteiger charge is 2.13. The van der Waals surface area contributed by atoms with Crippen molar-refractivity contribution in [1.29, 1.82) is 0 Å². The minimum atomic E-state index is -0.493. The van der Waals surface area contributed by atoms with Crippen LogP contribution in [0, 0.1) is 6.92 Å². The lowest BCUT2D eigenvalue weighted by Gasteiger charge is -2.15. The first-order valence-electron chi connectivity index (χ1n) is 6.99. The van der Waals surface area contributed by atoms with Gasteiger partial charge in [0, 0.05) is 16.9 Å². The van der Waals surface area contributed by atoms with Crippen LogP contribution in [0.2, 0.25) is 0 Å². The van der Waals surface area contributed by atoms with Gasteiger partial charge in [-0.1, -0.05) is 12.1 Å². The van der Waals surface area contributed by atoms with Crippen molar-refractivity contribution in [3.8, 4) is 0 Å². The van der Waals surface area contributed by atoms with Gasteiger partial charge in [0.05, 0.1) is 0 Å². The number of hydrogen-bond donors (Lipinski definition) is 3. The standard InChI is InChI=1S/C17H19N3O2/c1-11-4-3-5-15(10-11)19-12(2)17(22)20-14-8-6-13(7-9-14)16(18)21/h3-10,12,19H,1-2H3,(H2,18,21)(H,20,22)/t12-/m1/s1. The maximum atomic E-state index is 12.2.